The Balaban J connectivity index is 1.67. The van der Waals surface area contributed by atoms with E-state index in [1.165, 1.54) is 10.7 Å². The van der Waals surface area contributed by atoms with E-state index in [0.717, 1.165) is 23.9 Å². The molecule has 0 radical (unpaired) electrons. The number of nitro benzene ring substituents is 1. The minimum atomic E-state index is -0.743. The molecule has 0 aliphatic rings. The van der Waals surface area contributed by atoms with Gasteiger partial charge in [-0.05, 0) is 24.3 Å². The number of carbonyl (C=O) groups excluding carboxylic acids is 1. The van der Waals surface area contributed by atoms with Crippen molar-refractivity contribution >= 4 is 40.6 Å². The number of phenols is 1. The molecule has 0 saturated carbocycles. The number of nitrogens with one attached hydrogen (secondary N) is 1. The Labute approximate surface area is 167 Å². The van der Waals surface area contributed by atoms with Crippen LogP contribution in [0.2, 0.25) is 5.02 Å². The number of hydrogen-bond acceptors (Lipinski definition) is 8. The van der Waals surface area contributed by atoms with Gasteiger partial charge in [0.1, 0.15) is 0 Å². The normalized spacial score (nSPS) is 10.6. The Hall–Kier alpha value is -3.31. The Morgan fingerprint density at radius 1 is 1.32 bits per heavy atom. The molecular weight excluding hydrogens is 408 g/mol. The van der Waals surface area contributed by atoms with E-state index in [0.29, 0.717) is 21.6 Å². The summed E-state index contributed by atoms with van der Waals surface area (Å²) in [5, 5.41) is 31.5. The number of rotatable bonds is 6. The average molecular weight is 421 g/mol. The Kier molecular flexibility index (Phi) is 5.66. The molecule has 0 saturated heterocycles. The van der Waals surface area contributed by atoms with Crippen molar-refractivity contribution in [2.24, 2.45) is 0 Å². The van der Waals surface area contributed by atoms with Gasteiger partial charge in [0.25, 0.3) is 0 Å². The number of carbonyl (C=O) groups is 1. The molecule has 12 heteroatoms. The number of nitrogens with zero attached hydrogens (tertiary/aromatic N) is 4. The number of nitrogens with two attached hydrogens (primary N) is 1. The number of nitro groups is 1. The zero-order valence-corrected chi connectivity index (χ0v) is 15.6. The molecule has 144 valence electrons. The van der Waals surface area contributed by atoms with E-state index >= 15 is 0 Å². The molecule has 0 aliphatic heterocycles. The molecule has 2 aromatic carbocycles. The molecule has 3 rings (SSSR count). The number of amides is 1. The van der Waals surface area contributed by atoms with E-state index < -0.39 is 22.3 Å². The topological polar surface area (TPSA) is 149 Å². The van der Waals surface area contributed by atoms with E-state index in [-0.39, 0.29) is 11.4 Å². The second-order valence-corrected chi connectivity index (χ2v) is 6.80. The molecular formula is C16H13ClN6O4S. The van der Waals surface area contributed by atoms with Crippen molar-refractivity contribution < 1.29 is 14.8 Å². The molecule has 0 spiro atoms. The van der Waals surface area contributed by atoms with Crippen LogP contribution in [0.1, 0.15) is 0 Å². The molecule has 0 unspecified atom stereocenters. The number of benzene rings is 2. The third-order valence-electron chi connectivity index (χ3n) is 3.57. The maximum absolute atomic E-state index is 12.1. The maximum atomic E-state index is 12.1. The van der Waals surface area contributed by atoms with Gasteiger partial charge in [-0.25, -0.2) is 4.68 Å². The van der Waals surface area contributed by atoms with Crippen molar-refractivity contribution in [2.45, 2.75) is 5.16 Å². The van der Waals surface area contributed by atoms with E-state index in [9.17, 15) is 20.0 Å². The largest absolute Gasteiger partial charge is 0.502 e. The number of nitrogen functional groups attached to an aromatic ring is 1. The van der Waals surface area contributed by atoms with Crippen LogP contribution in [0.4, 0.5) is 11.4 Å². The lowest BCUT2D eigenvalue weighted by atomic mass is 10.2. The fourth-order valence-corrected chi connectivity index (χ4v) is 3.15. The van der Waals surface area contributed by atoms with Crippen LogP contribution in [0.5, 0.6) is 5.75 Å². The van der Waals surface area contributed by atoms with Gasteiger partial charge in [-0.2, -0.15) is 0 Å². The molecule has 0 atom stereocenters. The van der Waals surface area contributed by atoms with Gasteiger partial charge in [0.05, 0.1) is 15.7 Å². The monoisotopic (exact) mass is 420 g/mol. The number of halogens is 1. The van der Waals surface area contributed by atoms with Gasteiger partial charge >= 0.3 is 5.69 Å². The van der Waals surface area contributed by atoms with Gasteiger partial charge < -0.3 is 16.3 Å². The minimum Gasteiger partial charge on any atom is -0.502 e. The van der Waals surface area contributed by atoms with Crippen LogP contribution in [0.3, 0.4) is 0 Å². The third kappa shape index (κ3) is 4.15. The highest BCUT2D eigenvalue weighted by Crippen LogP contribution is 2.29. The minimum absolute atomic E-state index is 0.0630. The summed E-state index contributed by atoms with van der Waals surface area (Å²) in [6.07, 6.45) is 0. The SMILES string of the molecule is Nn1c(SCC(=O)Nc2ccc(O)c([N+](=O)[O-])c2)nnc1-c1ccccc1Cl. The molecule has 0 aliphatic carbocycles. The fraction of sp³-hybridized carbons (Fsp3) is 0.0625. The number of aromatic hydroxyl groups is 1. The van der Waals surface area contributed by atoms with Crippen LogP contribution >= 0.6 is 23.4 Å². The standard InChI is InChI=1S/C16H13ClN6O4S/c17-11-4-2-1-3-10(11)15-20-21-16(22(15)18)28-8-14(25)19-9-5-6-13(24)12(7-9)23(26)27/h1-7,24H,8,18H2,(H,19,25). The zero-order valence-electron chi connectivity index (χ0n) is 14.1. The van der Waals surface area contributed by atoms with Gasteiger partial charge in [0.2, 0.25) is 11.1 Å². The zero-order chi connectivity index (χ0) is 20.3. The van der Waals surface area contributed by atoms with E-state index in [1.807, 2.05) is 0 Å². The molecule has 1 amide bonds. The first kappa shape index (κ1) is 19.5. The molecule has 1 heterocycles. The number of hydrogen-bond donors (Lipinski definition) is 3. The van der Waals surface area contributed by atoms with Gasteiger partial charge in [0, 0.05) is 17.3 Å². The van der Waals surface area contributed by atoms with Crippen LogP contribution in [0.25, 0.3) is 11.4 Å². The van der Waals surface area contributed by atoms with E-state index in [2.05, 4.69) is 15.5 Å². The van der Waals surface area contributed by atoms with Crippen LogP contribution in [0.15, 0.2) is 47.6 Å². The quantitative estimate of drug-likeness (QED) is 0.181. The van der Waals surface area contributed by atoms with Crippen molar-refractivity contribution in [1.29, 1.82) is 0 Å². The Morgan fingerprint density at radius 2 is 2.07 bits per heavy atom. The van der Waals surface area contributed by atoms with Gasteiger partial charge in [-0.3, -0.25) is 14.9 Å². The molecule has 3 aromatic rings. The smallest absolute Gasteiger partial charge is 0.312 e. The summed E-state index contributed by atoms with van der Waals surface area (Å²) < 4.78 is 1.23. The van der Waals surface area contributed by atoms with E-state index in [1.54, 1.807) is 24.3 Å². The highest BCUT2D eigenvalue weighted by atomic mass is 35.5. The molecule has 0 bridgehead atoms. The summed E-state index contributed by atoms with van der Waals surface area (Å²) >= 11 is 7.17. The molecule has 10 nitrogen and oxygen atoms in total. The Bertz CT molecular complexity index is 1060. The van der Waals surface area contributed by atoms with Gasteiger partial charge in [-0.15, -0.1) is 10.2 Å². The number of thioether (sulfide) groups is 1. The lowest BCUT2D eigenvalue weighted by Gasteiger charge is -2.06. The van der Waals surface area contributed by atoms with Crippen molar-refractivity contribution in [2.75, 3.05) is 16.9 Å². The van der Waals surface area contributed by atoms with Crippen LogP contribution in [-0.2, 0) is 4.79 Å². The summed E-state index contributed by atoms with van der Waals surface area (Å²) in [7, 11) is 0. The predicted molar refractivity (Wildman–Crippen MR) is 105 cm³/mol. The third-order valence-corrected chi connectivity index (χ3v) is 4.84. The second kappa shape index (κ2) is 8.15. The lowest BCUT2D eigenvalue weighted by Crippen LogP contribution is -2.16. The summed E-state index contributed by atoms with van der Waals surface area (Å²) in [4.78, 5) is 22.2. The van der Waals surface area contributed by atoms with Crippen molar-refractivity contribution in [1.82, 2.24) is 14.9 Å². The molecule has 4 N–H and O–H groups in total. The van der Waals surface area contributed by atoms with Crippen molar-refractivity contribution in [3.05, 3.63) is 57.6 Å². The highest BCUT2D eigenvalue weighted by molar-refractivity contribution is 7.99. The summed E-state index contributed by atoms with van der Waals surface area (Å²) in [5.41, 5.74) is 0.282. The molecule has 1 aromatic heterocycles. The first-order chi connectivity index (χ1) is 13.4. The summed E-state index contributed by atoms with van der Waals surface area (Å²) in [5.74, 6) is 5.35. The van der Waals surface area contributed by atoms with Gasteiger partial charge in [-0.1, -0.05) is 35.5 Å². The summed E-state index contributed by atoms with van der Waals surface area (Å²) in [6.45, 7) is 0. The number of phenolic OH excluding ortho intramolecular Hbond substituents is 1. The maximum Gasteiger partial charge on any atom is 0.312 e. The first-order valence-corrected chi connectivity index (χ1v) is 9.08. The fourth-order valence-electron chi connectivity index (χ4n) is 2.28. The summed E-state index contributed by atoms with van der Waals surface area (Å²) in [6, 6.07) is 10.6. The average Bonchev–Trinajstić information content (AvgIpc) is 3.02. The van der Waals surface area contributed by atoms with Crippen molar-refractivity contribution in [3.63, 3.8) is 0 Å². The van der Waals surface area contributed by atoms with E-state index in [4.69, 9.17) is 17.4 Å². The van der Waals surface area contributed by atoms with Crippen LogP contribution in [-0.4, -0.2) is 36.6 Å². The van der Waals surface area contributed by atoms with Crippen LogP contribution < -0.4 is 11.2 Å². The van der Waals surface area contributed by atoms with Crippen LogP contribution in [0, 0.1) is 10.1 Å². The predicted octanol–water partition coefficient (Wildman–Crippen LogP) is 2.66. The molecule has 28 heavy (non-hydrogen) atoms. The molecule has 0 fully saturated rings. The highest BCUT2D eigenvalue weighted by Gasteiger charge is 2.17. The lowest BCUT2D eigenvalue weighted by molar-refractivity contribution is -0.385. The number of aromatic nitrogens is 3. The van der Waals surface area contributed by atoms with Crippen molar-refractivity contribution in [3.8, 4) is 17.1 Å². The Morgan fingerprint density at radius 3 is 2.79 bits per heavy atom. The number of anilines is 1. The second-order valence-electron chi connectivity index (χ2n) is 5.45. The first-order valence-electron chi connectivity index (χ1n) is 7.72. The van der Waals surface area contributed by atoms with Gasteiger partial charge in [0.15, 0.2) is 11.6 Å².